The third-order valence-corrected chi connectivity index (χ3v) is 3.44. The van der Waals surface area contributed by atoms with Crippen molar-refractivity contribution < 1.29 is 4.79 Å². The fourth-order valence-electron chi connectivity index (χ4n) is 1.72. The van der Waals surface area contributed by atoms with E-state index in [9.17, 15) is 4.79 Å². The van der Waals surface area contributed by atoms with E-state index in [2.05, 4.69) is 26.2 Å². The Hall–Kier alpha value is -1.56. The van der Waals surface area contributed by atoms with Gasteiger partial charge in [-0.25, -0.2) is 4.99 Å². The van der Waals surface area contributed by atoms with Crippen molar-refractivity contribution in [1.29, 1.82) is 0 Å². The summed E-state index contributed by atoms with van der Waals surface area (Å²) in [6.07, 6.45) is 0. The number of halogens is 1. The van der Waals surface area contributed by atoms with E-state index < -0.39 is 0 Å². The van der Waals surface area contributed by atoms with Crippen molar-refractivity contribution in [2.45, 2.75) is 20.8 Å². The van der Waals surface area contributed by atoms with Gasteiger partial charge in [0.15, 0.2) is 5.96 Å². The highest BCUT2D eigenvalue weighted by Gasteiger charge is 2.07. The molecule has 5 nitrogen and oxygen atoms in total. The molecule has 1 aromatic rings. The normalized spacial score (nSPS) is 11.3. The van der Waals surface area contributed by atoms with Crippen LogP contribution in [-0.4, -0.2) is 36.4 Å². The van der Waals surface area contributed by atoms with Gasteiger partial charge in [-0.05, 0) is 38.5 Å². The standard InChI is InChI=1S/C14H21BrN4O/c1-4-19(5-2)14(16)17-9-13(20)18-12-8-11(15)7-6-10(12)3/h6-8H,4-5,9H2,1-3H3,(H2,16,17)(H,18,20). The van der Waals surface area contributed by atoms with Crippen LogP contribution in [0, 0.1) is 6.92 Å². The van der Waals surface area contributed by atoms with Crippen LogP contribution < -0.4 is 11.1 Å². The molecule has 0 saturated heterocycles. The van der Waals surface area contributed by atoms with Gasteiger partial charge in [0.2, 0.25) is 5.91 Å². The Bertz CT molecular complexity index is 498. The third kappa shape index (κ3) is 4.85. The van der Waals surface area contributed by atoms with Crippen molar-refractivity contribution in [2.75, 3.05) is 25.0 Å². The van der Waals surface area contributed by atoms with Gasteiger partial charge in [-0.2, -0.15) is 0 Å². The second kappa shape index (κ2) is 7.89. The van der Waals surface area contributed by atoms with Crippen molar-refractivity contribution in [2.24, 2.45) is 10.7 Å². The lowest BCUT2D eigenvalue weighted by Gasteiger charge is -2.19. The number of nitrogens with zero attached hydrogens (tertiary/aromatic N) is 2. The molecule has 0 aromatic heterocycles. The van der Waals surface area contributed by atoms with E-state index in [1.54, 1.807) is 0 Å². The van der Waals surface area contributed by atoms with E-state index in [4.69, 9.17) is 5.73 Å². The number of carbonyl (C=O) groups excluding carboxylic acids is 1. The molecule has 6 heteroatoms. The molecule has 110 valence electrons. The Morgan fingerprint density at radius 1 is 1.40 bits per heavy atom. The number of benzene rings is 1. The van der Waals surface area contributed by atoms with E-state index in [-0.39, 0.29) is 12.5 Å². The molecule has 20 heavy (non-hydrogen) atoms. The van der Waals surface area contributed by atoms with Crippen LogP contribution in [0.4, 0.5) is 5.69 Å². The van der Waals surface area contributed by atoms with Crippen LogP contribution in [0.3, 0.4) is 0 Å². The summed E-state index contributed by atoms with van der Waals surface area (Å²) in [5.74, 6) is 0.220. The highest BCUT2D eigenvalue weighted by atomic mass is 79.9. The number of carbonyl (C=O) groups is 1. The molecule has 1 aromatic carbocycles. The number of nitrogens with one attached hydrogen (secondary N) is 1. The minimum Gasteiger partial charge on any atom is -0.370 e. The van der Waals surface area contributed by atoms with Gasteiger partial charge in [0.05, 0.1) is 0 Å². The fourth-order valence-corrected chi connectivity index (χ4v) is 2.08. The smallest absolute Gasteiger partial charge is 0.246 e. The van der Waals surface area contributed by atoms with Crippen LogP contribution in [-0.2, 0) is 4.79 Å². The average molecular weight is 341 g/mol. The Morgan fingerprint density at radius 3 is 2.65 bits per heavy atom. The van der Waals surface area contributed by atoms with E-state index in [0.717, 1.165) is 28.8 Å². The van der Waals surface area contributed by atoms with E-state index >= 15 is 0 Å². The van der Waals surface area contributed by atoms with Crippen LogP contribution in [0.15, 0.2) is 27.7 Å². The van der Waals surface area contributed by atoms with E-state index in [1.165, 1.54) is 0 Å². The minimum absolute atomic E-state index is 0.0221. The number of rotatable bonds is 5. The maximum absolute atomic E-state index is 11.9. The van der Waals surface area contributed by atoms with Crippen LogP contribution in [0.5, 0.6) is 0 Å². The summed E-state index contributed by atoms with van der Waals surface area (Å²) in [4.78, 5) is 17.9. The Balaban J connectivity index is 2.64. The molecule has 0 heterocycles. The van der Waals surface area contributed by atoms with Gasteiger partial charge in [-0.3, -0.25) is 4.79 Å². The average Bonchev–Trinajstić information content (AvgIpc) is 2.42. The van der Waals surface area contributed by atoms with Crippen molar-refractivity contribution in [3.8, 4) is 0 Å². The second-order valence-corrected chi connectivity index (χ2v) is 5.27. The molecule has 0 spiro atoms. The summed E-state index contributed by atoms with van der Waals surface area (Å²) in [6.45, 7) is 7.51. The van der Waals surface area contributed by atoms with Gasteiger partial charge < -0.3 is 16.0 Å². The van der Waals surface area contributed by atoms with Crippen LogP contribution >= 0.6 is 15.9 Å². The zero-order chi connectivity index (χ0) is 15.1. The maximum atomic E-state index is 11.9. The minimum atomic E-state index is -0.179. The summed E-state index contributed by atoms with van der Waals surface area (Å²) in [7, 11) is 0. The fraction of sp³-hybridized carbons (Fsp3) is 0.429. The first kappa shape index (κ1) is 16.5. The molecule has 0 radical (unpaired) electrons. The van der Waals surface area contributed by atoms with Gasteiger partial charge in [0.25, 0.3) is 0 Å². The summed E-state index contributed by atoms with van der Waals surface area (Å²) in [6, 6.07) is 5.74. The van der Waals surface area contributed by atoms with Crippen LogP contribution in [0.2, 0.25) is 0 Å². The third-order valence-electron chi connectivity index (χ3n) is 2.95. The number of hydrogen-bond acceptors (Lipinski definition) is 2. The number of nitrogens with two attached hydrogens (primary N) is 1. The number of amides is 1. The van der Waals surface area contributed by atoms with Crippen LogP contribution in [0.25, 0.3) is 0 Å². The lowest BCUT2D eigenvalue weighted by atomic mass is 10.2. The Morgan fingerprint density at radius 2 is 2.05 bits per heavy atom. The van der Waals surface area contributed by atoms with Gasteiger partial charge in [0.1, 0.15) is 6.54 Å². The second-order valence-electron chi connectivity index (χ2n) is 4.35. The number of aryl methyl sites for hydroxylation is 1. The van der Waals surface area contributed by atoms with Crippen molar-refractivity contribution in [3.05, 3.63) is 28.2 Å². The molecule has 1 amide bonds. The molecule has 0 aliphatic heterocycles. The van der Waals surface area contributed by atoms with Crippen molar-refractivity contribution >= 4 is 33.5 Å². The lowest BCUT2D eigenvalue weighted by molar-refractivity contribution is -0.114. The first-order valence-corrected chi connectivity index (χ1v) is 7.38. The number of hydrogen-bond donors (Lipinski definition) is 2. The molecule has 0 unspecified atom stereocenters. The van der Waals surface area contributed by atoms with Gasteiger partial charge >= 0.3 is 0 Å². The first-order chi connectivity index (χ1) is 9.47. The Labute approximate surface area is 128 Å². The topological polar surface area (TPSA) is 70.7 Å². The maximum Gasteiger partial charge on any atom is 0.246 e. The molecule has 0 saturated carbocycles. The SMILES string of the molecule is CCN(CC)C(N)=NCC(=O)Nc1cc(Br)ccc1C. The molecule has 0 bridgehead atoms. The first-order valence-electron chi connectivity index (χ1n) is 6.58. The summed E-state index contributed by atoms with van der Waals surface area (Å²) in [5.41, 5.74) is 7.60. The lowest BCUT2D eigenvalue weighted by Crippen LogP contribution is -2.37. The highest BCUT2D eigenvalue weighted by molar-refractivity contribution is 9.10. The number of guanidine groups is 1. The molecular formula is C14H21BrN4O. The molecular weight excluding hydrogens is 320 g/mol. The summed E-state index contributed by atoms with van der Waals surface area (Å²) < 4.78 is 0.921. The monoisotopic (exact) mass is 340 g/mol. The predicted molar refractivity (Wildman–Crippen MR) is 86.9 cm³/mol. The predicted octanol–water partition coefficient (Wildman–Crippen LogP) is 2.35. The van der Waals surface area contributed by atoms with Gasteiger partial charge in [-0.15, -0.1) is 0 Å². The summed E-state index contributed by atoms with van der Waals surface area (Å²) in [5, 5.41) is 2.83. The van der Waals surface area contributed by atoms with Crippen molar-refractivity contribution in [1.82, 2.24) is 4.90 Å². The van der Waals surface area contributed by atoms with Crippen molar-refractivity contribution in [3.63, 3.8) is 0 Å². The van der Waals surface area contributed by atoms with Gasteiger partial charge in [0, 0.05) is 23.2 Å². The molecule has 0 fully saturated rings. The number of aliphatic imine (C=N–C) groups is 1. The summed E-state index contributed by atoms with van der Waals surface area (Å²) >= 11 is 3.38. The molecule has 3 N–H and O–H groups in total. The van der Waals surface area contributed by atoms with Crippen LogP contribution in [0.1, 0.15) is 19.4 Å². The largest absolute Gasteiger partial charge is 0.370 e. The number of anilines is 1. The molecule has 0 aliphatic rings. The van der Waals surface area contributed by atoms with Gasteiger partial charge in [-0.1, -0.05) is 22.0 Å². The quantitative estimate of drug-likeness (QED) is 0.638. The molecule has 0 atom stereocenters. The molecule has 1 rings (SSSR count). The Kier molecular flexibility index (Phi) is 6.51. The molecule has 0 aliphatic carbocycles. The zero-order valence-electron chi connectivity index (χ0n) is 12.1. The zero-order valence-corrected chi connectivity index (χ0v) is 13.7. The highest BCUT2D eigenvalue weighted by Crippen LogP contribution is 2.20. The van der Waals surface area contributed by atoms with E-state index in [1.807, 2.05) is 43.9 Å². The van der Waals surface area contributed by atoms with E-state index in [0.29, 0.717) is 5.96 Å².